The first-order valence-corrected chi connectivity index (χ1v) is 6.39. The zero-order chi connectivity index (χ0) is 13.3. The summed E-state index contributed by atoms with van der Waals surface area (Å²) in [6.07, 6.45) is 0.680. The van der Waals surface area contributed by atoms with Crippen molar-refractivity contribution < 1.29 is 4.79 Å². The van der Waals surface area contributed by atoms with E-state index < -0.39 is 11.1 Å². The van der Waals surface area contributed by atoms with Gasteiger partial charge >= 0.3 is 11.1 Å². The molecule has 2 N–H and O–H groups in total. The van der Waals surface area contributed by atoms with Gasteiger partial charge < -0.3 is 9.97 Å². The SMILES string of the molecule is CCC(Br)C(=O)c1ccc2[nH]c(=O)c(=O)[nH]c2c1. The minimum atomic E-state index is -0.724. The molecule has 1 heterocycles. The molecule has 1 atom stereocenters. The molecule has 0 radical (unpaired) electrons. The maximum atomic E-state index is 12.0. The number of alkyl halides is 1. The summed E-state index contributed by atoms with van der Waals surface area (Å²) in [5.41, 5.74) is 0.0143. The van der Waals surface area contributed by atoms with E-state index in [4.69, 9.17) is 0 Å². The van der Waals surface area contributed by atoms with Gasteiger partial charge in [0, 0.05) is 5.56 Å². The van der Waals surface area contributed by atoms with Gasteiger partial charge in [0.2, 0.25) is 0 Å². The van der Waals surface area contributed by atoms with E-state index in [2.05, 4.69) is 25.9 Å². The van der Waals surface area contributed by atoms with Crippen molar-refractivity contribution in [3.05, 3.63) is 44.5 Å². The molecular weight excluding hydrogens is 300 g/mol. The van der Waals surface area contributed by atoms with Crippen LogP contribution in [0.15, 0.2) is 27.8 Å². The number of carbonyl (C=O) groups excluding carboxylic acids is 1. The number of hydrogen-bond donors (Lipinski definition) is 2. The number of ketones is 1. The minimum absolute atomic E-state index is 0.0496. The lowest BCUT2D eigenvalue weighted by molar-refractivity contribution is 0.0990. The van der Waals surface area contributed by atoms with Crippen LogP contribution in [0.4, 0.5) is 0 Å². The highest BCUT2D eigenvalue weighted by Gasteiger charge is 2.15. The summed E-state index contributed by atoms with van der Waals surface area (Å²) in [5, 5.41) is 0. The first kappa shape index (κ1) is 12.8. The third-order valence-corrected chi connectivity index (χ3v) is 3.71. The van der Waals surface area contributed by atoms with Crippen LogP contribution in [0.1, 0.15) is 23.7 Å². The molecule has 0 spiro atoms. The fourth-order valence-electron chi connectivity index (χ4n) is 1.63. The molecule has 2 rings (SSSR count). The lowest BCUT2D eigenvalue weighted by atomic mass is 10.1. The van der Waals surface area contributed by atoms with Gasteiger partial charge in [0.05, 0.1) is 15.9 Å². The van der Waals surface area contributed by atoms with Crippen LogP contribution in [0.3, 0.4) is 0 Å². The van der Waals surface area contributed by atoms with Gasteiger partial charge in [-0.05, 0) is 24.6 Å². The highest BCUT2D eigenvalue weighted by molar-refractivity contribution is 9.10. The minimum Gasteiger partial charge on any atom is -0.316 e. The van der Waals surface area contributed by atoms with Crippen LogP contribution in [-0.4, -0.2) is 20.6 Å². The highest BCUT2D eigenvalue weighted by Crippen LogP contribution is 2.16. The zero-order valence-electron chi connectivity index (χ0n) is 9.62. The number of aromatic nitrogens is 2. The summed E-state index contributed by atoms with van der Waals surface area (Å²) in [7, 11) is 0. The molecule has 0 aliphatic carbocycles. The molecule has 0 amide bonds. The third-order valence-electron chi connectivity index (χ3n) is 2.65. The predicted octanol–water partition coefficient (Wildman–Crippen LogP) is 1.57. The molecule has 0 saturated heterocycles. The molecular formula is C12H11BrN2O3. The maximum absolute atomic E-state index is 12.0. The van der Waals surface area contributed by atoms with E-state index in [0.717, 1.165) is 0 Å². The van der Waals surface area contributed by atoms with Gasteiger partial charge in [-0.25, -0.2) is 0 Å². The number of benzene rings is 1. The third kappa shape index (κ3) is 2.28. The van der Waals surface area contributed by atoms with E-state index in [1.807, 2.05) is 6.92 Å². The Morgan fingerprint density at radius 3 is 2.44 bits per heavy atom. The molecule has 0 aliphatic heterocycles. The summed E-state index contributed by atoms with van der Waals surface area (Å²) in [4.78, 5) is 38.9. The molecule has 0 saturated carbocycles. The van der Waals surface area contributed by atoms with Gasteiger partial charge in [0.25, 0.3) is 0 Å². The lowest BCUT2D eigenvalue weighted by Crippen LogP contribution is -2.29. The Hall–Kier alpha value is -1.69. The first-order valence-electron chi connectivity index (χ1n) is 5.47. The Labute approximate surface area is 110 Å². The normalized spacial score (nSPS) is 12.6. The quantitative estimate of drug-likeness (QED) is 0.513. The molecule has 1 aromatic heterocycles. The van der Waals surface area contributed by atoms with Gasteiger partial charge in [0.15, 0.2) is 5.78 Å². The Kier molecular flexibility index (Phi) is 3.47. The van der Waals surface area contributed by atoms with Crippen LogP contribution in [0.25, 0.3) is 11.0 Å². The largest absolute Gasteiger partial charge is 0.316 e. The number of Topliss-reactive ketones (excluding diaryl/α,β-unsaturated/α-hetero) is 1. The number of aromatic amines is 2. The second-order valence-corrected chi connectivity index (χ2v) is 5.01. The molecule has 2 aromatic rings. The average molecular weight is 311 g/mol. The van der Waals surface area contributed by atoms with E-state index in [1.165, 1.54) is 0 Å². The van der Waals surface area contributed by atoms with Gasteiger partial charge in [-0.15, -0.1) is 0 Å². The van der Waals surface area contributed by atoms with Crippen LogP contribution in [0, 0.1) is 0 Å². The molecule has 0 aliphatic rings. The number of fused-ring (bicyclic) bond motifs is 1. The molecule has 5 nitrogen and oxygen atoms in total. The summed E-state index contributed by atoms with van der Waals surface area (Å²) in [6, 6.07) is 4.80. The van der Waals surface area contributed by atoms with Crippen molar-refractivity contribution >= 4 is 32.7 Å². The molecule has 1 aromatic carbocycles. The van der Waals surface area contributed by atoms with Gasteiger partial charge in [0.1, 0.15) is 0 Å². The van der Waals surface area contributed by atoms with Crippen LogP contribution in [-0.2, 0) is 0 Å². The standard InChI is InChI=1S/C12H11BrN2O3/c1-2-7(13)10(16)6-3-4-8-9(5-6)15-12(18)11(17)14-8/h3-5,7H,2H2,1H3,(H,14,17)(H,15,18). The molecule has 94 valence electrons. The first-order chi connectivity index (χ1) is 8.52. The number of carbonyl (C=O) groups is 1. The Bertz CT molecular complexity index is 717. The lowest BCUT2D eigenvalue weighted by Gasteiger charge is -2.06. The number of H-pyrrole nitrogens is 2. The van der Waals surface area contributed by atoms with Crippen LogP contribution in [0.2, 0.25) is 0 Å². The Morgan fingerprint density at radius 1 is 1.22 bits per heavy atom. The van der Waals surface area contributed by atoms with Gasteiger partial charge in [-0.3, -0.25) is 14.4 Å². The smallest absolute Gasteiger partial charge is 0.314 e. The number of rotatable bonds is 3. The zero-order valence-corrected chi connectivity index (χ0v) is 11.2. The van der Waals surface area contributed by atoms with Crippen LogP contribution in [0.5, 0.6) is 0 Å². The summed E-state index contributed by atoms with van der Waals surface area (Å²) in [5.74, 6) is -0.0496. The number of halogens is 1. The number of nitrogens with one attached hydrogen (secondary N) is 2. The Morgan fingerprint density at radius 2 is 1.83 bits per heavy atom. The molecule has 0 fully saturated rings. The van der Waals surface area contributed by atoms with Gasteiger partial charge in [-0.2, -0.15) is 0 Å². The maximum Gasteiger partial charge on any atom is 0.314 e. The fraction of sp³-hybridized carbons (Fsp3) is 0.250. The topological polar surface area (TPSA) is 82.8 Å². The summed E-state index contributed by atoms with van der Waals surface area (Å²) in [6.45, 7) is 1.90. The van der Waals surface area contributed by atoms with E-state index in [9.17, 15) is 14.4 Å². The Balaban J connectivity index is 2.57. The predicted molar refractivity (Wildman–Crippen MR) is 72.5 cm³/mol. The van der Waals surface area contributed by atoms with E-state index >= 15 is 0 Å². The van der Waals surface area contributed by atoms with Crippen LogP contribution >= 0.6 is 15.9 Å². The van der Waals surface area contributed by atoms with Crippen molar-refractivity contribution in [2.75, 3.05) is 0 Å². The van der Waals surface area contributed by atoms with E-state index in [1.54, 1.807) is 18.2 Å². The van der Waals surface area contributed by atoms with Crippen molar-refractivity contribution in [3.8, 4) is 0 Å². The van der Waals surface area contributed by atoms with Crippen molar-refractivity contribution in [1.29, 1.82) is 0 Å². The van der Waals surface area contributed by atoms with Crippen molar-refractivity contribution in [2.45, 2.75) is 18.2 Å². The monoisotopic (exact) mass is 310 g/mol. The molecule has 0 bridgehead atoms. The number of hydrogen-bond acceptors (Lipinski definition) is 3. The second kappa shape index (κ2) is 4.89. The van der Waals surface area contributed by atoms with Gasteiger partial charge in [-0.1, -0.05) is 22.9 Å². The summed E-state index contributed by atoms with van der Waals surface area (Å²) < 4.78 is 0. The highest BCUT2D eigenvalue weighted by atomic mass is 79.9. The second-order valence-electron chi connectivity index (χ2n) is 3.91. The average Bonchev–Trinajstić information content (AvgIpc) is 2.37. The fourth-order valence-corrected chi connectivity index (χ4v) is 1.90. The molecule has 1 unspecified atom stereocenters. The summed E-state index contributed by atoms with van der Waals surface area (Å²) >= 11 is 3.29. The van der Waals surface area contributed by atoms with Crippen molar-refractivity contribution in [3.63, 3.8) is 0 Å². The molecule has 6 heteroatoms. The van der Waals surface area contributed by atoms with E-state index in [-0.39, 0.29) is 10.6 Å². The van der Waals surface area contributed by atoms with Crippen molar-refractivity contribution in [1.82, 2.24) is 9.97 Å². The van der Waals surface area contributed by atoms with E-state index in [0.29, 0.717) is 23.0 Å². The molecule has 18 heavy (non-hydrogen) atoms. The van der Waals surface area contributed by atoms with Crippen molar-refractivity contribution in [2.24, 2.45) is 0 Å². The van der Waals surface area contributed by atoms with Crippen LogP contribution < -0.4 is 11.1 Å².